The first-order valence-electron chi connectivity index (χ1n) is 4.73. The second-order valence-electron chi connectivity index (χ2n) is 3.73. The molecule has 1 unspecified atom stereocenters. The van der Waals surface area contributed by atoms with E-state index >= 15 is 0 Å². The lowest BCUT2D eigenvalue weighted by molar-refractivity contribution is -0.139. The van der Waals surface area contributed by atoms with Crippen LogP contribution < -0.4 is 5.32 Å². The number of hydrogen-bond donors (Lipinski definition) is 2. The normalized spacial score (nSPS) is 23.8. The molecule has 0 saturated heterocycles. The number of alkyl halides is 1. The highest BCUT2D eigenvalue weighted by Crippen LogP contribution is 2.34. The SMILES string of the molecule is CC(NC1(I)CCCCC1)C(=O)O. The summed E-state index contributed by atoms with van der Waals surface area (Å²) >= 11 is 2.36. The molecule has 0 radical (unpaired) electrons. The van der Waals surface area contributed by atoms with E-state index in [1.165, 1.54) is 19.3 Å². The predicted octanol–water partition coefficient (Wildman–Crippen LogP) is 2.14. The van der Waals surface area contributed by atoms with Gasteiger partial charge in [0.25, 0.3) is 0 Å². The molecule has 0 aromatic heterocycles. The Morgan fingerprint density at radius 1 is 1.46 bits per heavy atom. The monoisotopic (exact) mass is 297 g/mol. The van der Waals surface area contributed by atoms with Gasteiger partial charge >= 0.3 is 5.97 Å². The number of halogens is 1. The lowest BCUT2D eigenvalue weighted by atomic mass is 9.95. The molecule has 2 N–H and O–H groups in total. The molecule has 0 aromatic carbocycles. The highest BCUT2D eigenvalue weighted by Gasteiger charge is 2.31. The van der Waals surface area contributed by atoms with E-state index in [4.69, 9.17) is 5.11 Å². The number of carboxylic acid groups (broad SMARTS) is 1. The molecule has 1 atom stereocenters. The molecule has 0 spiro atoms. The van der Waals surface area contributed by atoms with Gasteiger partial charge in [0, 0.05) is 0 Å². The van der Waals surface area contributed by atoms with Gasteiger partial charge in [0.1, 0.15) is 6.04 Å². The van der Waals surface area contributed by atoms with E-state index in [1.54, 1.807) is 6.92 Å². The first kappa shape index (κ1) is 11.2. The molecule has 13 heavy (non-hydrogen) atoms. The summed E-state index contributed by atoms with van der Waals surface area (Å²) in [6.45, 7) is 1.71. The Hall–Kier alpha value is 0.160. The summed E-state index contributed by atoms with van der Waals surface area (Å²) in [6, 6.07) is -0.435. The molecule has 76 valence electrons. The first-order chi connectivity index (χ1) is 6.03. The second-order valence-corrected chi connectivity index (χ2v) is 5.80. The van der Waals surface area contributed by atoms with Crippen LogP contribution in [0.3, 0.4) is 0 Å². The average molecular weight is 297 g/mol. The van der Waals surface area contributed by atoms with E-state index in [9.17, 15) is 4.79 Å². The topological polar surface area (TPSA) is 49.3 Å². The first-order valence-corrected chi connectivity index (χ1v) is 5.81. The van der Waals surface area contributed by atoms with Crippen LogP contribution in [0.2, 0.25) is 0 Å². The summed E-state index contributed by atoms with van der Waals surface area (Å²) in [5, 5.41) is 11.9. The van der Waals surface area contributed by atoms with Crippen molar-refractivity contribution in [3.63, 3.8) is 0 Å². The van der Waals surface area contributed by atoms with Crippen LogP contribution in [0.1, 0.15) is 39.0 Å². The lowest BCUT2D eigenvalue weighted by Gasteiger charge is -2.34. The van der Waals surface area contributed by atoms with Crippen molar-refractivity contribution in [2.24, 2.45) is 0 Å². The Kier molecular flexibility index (Phi) is 3.97. The van der Waals surface area contributed by atoms with Crippen LogP contribution >= 0.6 is 22.6 Å². The van der Waals surface area contributed by atoms with Crippen molar-refractivity contribution in [3.05, 3.63) is 0 Å². The molecule has 1 fully saturated rings. The molecule has 1 aliphatic carbocycles. The number of rotatable bonds is 3. The molecule has 1 aliphatic rings. The molecule has 0 amide bonds. The van der Waals surface area contributed by atoms with Crippen molar-refractivity contribution < 1.29 is 9.90 Å². The third-order valence-electron chi connectivity index (χ3n) is 2.49. The van der Waals surface area contributed by atoms with Crippen LogP contribution in [0.5, 0.6) is 0 Å². The van der Waals surface area contributed by atoms with E-state index in [1.807, 2.05) is 0 Å². The highest BCUT2D eigenvalue weighted by molar-refractivity contribution is 14.1. The average Bonchev–Trinajstić information content (AvgIpc) is 2.04. The van der Waals surface area contributed by atoms with Crippen molar-refractivity contribution >= 4 is 28.6 Å². The molecule has 1 saturated carbocycles. The van der Waals surface area contributed by atoms with Gasteiger partial charge in [-0.15, -0.1) is 0 Å². The van der Waals surface area contributed by atoms with Crippen LogP contribution in [0, 0.1) is 0 Å². The lowest BCUT2D eigenvalue weighted by Crippen LogP contribution is -2.48. The summed E-state index contributed by atoms with van der Waals surface area (Å²) in [6.07, 6.45) is 5.88. The number of carboxylic acids is 1. The van der Waals surface area contributed by atoms with Gasteiger partial charge in [-0.25, -0.2) is 0 Å². The summed E-state index contributed by atoms with van der Waals surface area (Å²) in [5.74, 6) is -0.762. The minimum atomic E-state index is -0.762. The van der Waals surface area contributed by atoms with Crippen molar-refractivity contribution in [3.8, 4) is 0 Å². The molecule has 1 rings (SSSR count). The minimum Gasteiger partial charge on any atom is -0.480 e. The van der Waals surface area contributed by atoms with E-state index in [2.05, 4.69) is 27.9 Å². The van der Waals surface area contributed by atoms with Gasteiger partial charge < -0.3 is 5.11 Å². The Morgan fingerprint density at radius 3 is 2.46 bits per heavy atom. The Balaban J connectivity index is 2.45. The predicted molar refractivity (Wildman–Crippen MR) is 60.1 cm³/mol. The molecule has 0 bridgehead atoms. The van der Waals surface area contributed by atoms with Crippen molar-refractivity contribution in [2.45, 2.75) is 48.6 Å². The van der Waals surface area contributed by atoms with Crippen molar-refractivity contribution in [1.29, 1.82) is 0 Å². The quantitative estimate of drug-likeness (QED) is 0.477. The molecule has 0 aromatic rings. The van der Waals surface area contributed by atoms with Gasteiger partial charge in [0.2, 0.25) is 0 Å². The van der Waals surface area contributed by atoms with Gasteiger partial charge in [-0.05, 0) is 19.8 Å². The Morgan fingerprint density at radius 2 is 2.00 bits per heavy atom. The number of hydrogen-bond acceptors (Lipinski definition) is 2. The van der Waals surface area contributed by atoms with Gasteiger partial charge in [-0.1, -0.05) is 41.9 Å². The summed E-state index contributed by atoms with van der Waals surface area (Å²) in [4.78, 5) is 10.6. The maximum atomic E-state index is 10.6. The van der Waals surface area contributed by atoms with E-state index in [-0.39, 0.29) is 3.55 Å². The fraction of sp³-hybridized carbons (Fsp3) is 0.889. The van der Waals surface area contributed by atoms with E-state index in [0.29, 0.717) is 0 Å². The van der Waals surface area contributed by atoms with E-state index in [0.717, 1.165) is 12.8 Å². The van der Waals surface area contributed by atoms with Crippen LogP contribution in [0.25, 0.3) is 0 Å². The van der Waals surface area contributed by atoms with Crippen LogP contribution in [0.15, 0.2) is 0 Å². The van der Waals surface area contributed by atoms with Crippen molar-refractivity contribution in [2.75, 3.05) is 0 Å². The van der Waals surface area contributed by atoms with E-state index < -0.39 is 12.0 Å². The summed E-state index contributed by atoms with van der Waals surface area (Å²) < 4.78 is 0.0216. The third-order valence-corrected chi connectivity index (χ3v) is 3.88. The van der Waals surface area contributed by atoms with Gasteiger partial charge in [-0.3, -0.25) is 10.1 Å². The minimum absolute atomic E-state index is 0.0216. The highest BCUT2D eigenvalue weighted by atomic mass is 127. The number of aliphatic carboxylic acids is 1. The zero-order valence-electron chi connectivity index (χ0n) is 7.85. The fourth-order valence-corrected chi connectivity index (χ4v) is 2.94. The maximum absolute atomic E-state index is 10.6. The molecular weight excluding hydrogens is 281 g/mol. The molecule has 0 aliphatic heterocycles. The Bertz CT molecular complexity index is 190. The molecular formula is C9H16INO2. The zero-order valence-corrected chi connectivity index (χ0v) is 10.0. The van der Waals surface area contributed by atoms with Crippen LogP contribution in [0.4, 0.5) is 0 Å². The zero-order chi connectivity index (χ0) is 9.90. The van der Waals surface area contributed by atoms with Gasteiger partial charge in [-0.2, -0.15) is 0 Å². The smallest absolute Gasteiger partial charge is 0.320 e. The van der Waals surface area contributed by atoms with Gasteiger partial charge in [0.05, 0.1) is 3.55 Å². The second kappa shape index (κ2) is 4.59. The molecule has 4 heteroatoms. The largest absolute Gasteiger partial charge is 0.480 e. The fourth-order valence-electron chi connectivity index (χ4n) is 1.71. The van der Waals surface area contributed by atoms with Crippen LogP contribution in [-0.4, -0.2) is 20.7 Å². The van der Waals surface area contributed by atoms with Crippen molar-refractivity contribution in [1.82, 2.24) is 5.32 Å². The molecule has 0 heterocycles. The third kappa shape index (κ3) is 3.42. The summed E-state index contributed by atoms with van der Waals surface area (Å²) in [7, 11) is 0. The standard InChI is InChI=1S/C9H16INO2/c1-7(8(12)13)11-9(10)5-3-2-4-6-9/h7,11H,2-6H2,1H3,(H,12,13). The molecule has 3 nitrogen and oxygen atoms in total. The Labute approximate surface area is 92.4 Å². The summed E-state index contributed by atoms with van der Waals surface area (Å²) in [5.41, 5.74) is 0. The van der Waals surface area contributed by atoms with Gasteiger partial charge in [0.15, 0.2) is 0 Å². The van der Waals surface area contributed by atoms with Crippen LogP contribution in [-0.2, 0) is 4.79 Å². The maximum Gasteiger partial charge on any atom is 0.320 e. The number of carbonyl (C=O) groups is 1. The number of nitrogens with one attached hydrogen (secondary N) is 1.